The van der Waals surface area contributed by atoms with E-state index in [1.54, 1.807) is 21.8 Å². The van der Waals surface area contributed by atoms with Crippen LogP contribution in [0.4, 0.5) is 11.4 Å². The van der Waals surface area contributed by atoms with Crippen molar-refractivity contribution in [3.05, 3.63) is 66.0 Å². The minimum absolute atomic E-state index is 0.0713. The van der Waals surface area contributed by atoms with E-state index < -0.39 is 0 Å². The molecule has 0 bridgehead atoms. The lowest BCUT2D eigenvalue weighted by molar-refractivity contribution is -0.117. The maximum Gasteiger partial charge on any atom is 0.277 e. The Balaban J connectivity index is 1.55. The highest BCUT2D eigenvalue weighted by molar-refractivity contribution is 6.07. The van der Waals surface area contributed by atoms with E-state index in [9.17, 15) is 9.59 Å². The standard InChI is InChI=1S/C20H19N5O2/c1-14-8-10-15(11-9-14)25-13-17(22-23-25)20(27)21-16-5-2-3-6-18(16)24-12-4-7-19(24)26/h2-3,5-6,8-11,13H,4,7,12H2,1H3,(H,21,27). The quantitative estimate of drug-likeness (QED) is 0.775. The van der Waals surface area contributed by atoms with Gasteiger partial charge in [0.2, 0.25) is 5.91 Å². The van der Waals surface area contributed by atoms with Gasteiger partial charge in [0.25, 0.3) is 5.91 Å². The average Bonchev–Trinajstić information content (AvgIpc) is 3.32. The molecule has 0 unspecified atom stereocenters. The number of aryl methyl sites for hydroxylation is 1. The van der Waals surface area contributed by atoms with E-state index in [4.69, 9.17) is 0 Å². The highest BCUT2D eigenvalue weighted by Gasteiger charge is 2.24. The van der Waals surface area contributed by atoms with Gasteiger partial charge in [-0.3, -0.25) is 9.59 Å². The van der Waals surface area contributed by atoms with Gasteiger partial charge in [0, 0.05) is 13.0 Å². The monoisotopic (exact) mass is 361 g/mol. The van der Waals surface area contributed by atoms with Gasteiger partial charge in [0.1, 0.15) is 0 Å². The van der Waals surface area contributed by atoms with Crippen LogP contribution in [0.5, 0.6) is 0 Å². The summed E-state index contributed by atoms with van der Waals surface area (Å²) in [6.45, 7) is 2.67. The second-order valence-electron chi connectivity index (χ2n) is 6.50. The van der Waals surface area contributed by atoms with Gasteiger partial charge in [-0.1, -0.05) is 35.0 Å². The summed E-state index contributed by atoms with van der Waals surface area (Å²) in [4.78, 5) is 26.4. The Morgan fingerprint density at radius 3 is 2.63 bits per heavy atom. The smallest absolute Gasteiger partial charge is 0.277 e. The summed E-state index contributed by atoms with van der Waals surface area (Å²) in [6.07, 6.45) is 2.95. The maximum atomic E-state index is 12.6. The van der Waals surface area contributed by atoms with Gasteiger partial charge in [0.05, 0.1) is 23.3 Å². The third-order valence-corrected chi connectivity index (χ3v) is 4.54. The molecular formula is C20H19N5O2. The van der Waals surface area contributed by atoms with Crippen LogP contribution in [0.1, 0.15) is 28.9 Å². The molecule has 1 saturated heterocycles. The highest BCUT2D eigenvalue weighted by atomic mass is 16.2. The maximum absolute atomic E-state index is 12.6. The Bertz CT molecular complexity index is 994. The lowest BCUT2D eigenvalue weighted by Crippen LogP contribution is -2.25. The summed E-state index contributed by atoms with van der Waals surface area (Å²) in [5.74, 6) is -0.297. The number of rotatable bonds is 4. The zero-order valence-corrected chi connectivity index (χ0v) is 14.9. The van der Waals surface area contributed by atoms with E-state index in [2.05, 4.69) is 15.6 Å². The number of benzene rings is 2. The summed E-state index contributed by atoms with van der Waals surface area (Å²) < 4.78 is 1.56. The largest absolute Gasteiger partial charge is 0.319 e. The molecule has 4 rings (SSSR count). The number of anilines is 2. The third-order valence-electron chi connectivity index (χ3n) is 4.54. The number of amides is 2. The van der Waals surface area contributed by atoms with Crippen LogP contribution in [0.3, 0.4) is 0 Å². The molecule has 2 heterocycles. The molecule has 1 aliphatic rings. The van der Waals surface area contributed by atoms with E-state index in [-0.39, 0.29) is 17.5 Å². The molecule has 0 saturated carbocycles. The SMILES string of the molecule is Cc1ccc(-n2cc(C(=O)Nc3ccccc3N3CCCC3=O)nn2)cc1. The molecule has 1 fully saturated rings. The number of carbonyl (C=O) groups is 2. The molecule has 27 heavy (non-hydrogen) atoms. The van der Waals surface area contributed by atoms with Crippen LogP contribution in [0.25, 0.3) is 5.69 Å². The van der Waals surface area contributed by atoms with Crippen molar-refractivity contribution in [3.63, 3.8) is 0 Å². The number of hydrogen-bond acceptors (Lipinski definition) is 4. The molecule has 136 valence electrons. The number of hydrogen-bond donors (Lipinski definition) is 1. The third kappa shape index (κ3) is 3.44. The van der Waals surface area contributed by atoms with E-state index in [0.717, 1.165) is 17.7 Å². The first kappa shape index (κ1) is 17.0. The van der Waals surface area contributed by atoms with Crippen LogP contribution < -0.4 is 10.2 Å². The summed E-state index contributed by atoms with van der Waals surface area (Å²) in [5, 5.41) is 10.9. The van der Waals surface area contributed by atoms with Gasteiger partial charge in [0.15, 0.2) is 5.69 Å². The molecule has 7 heteroatoms. The second-order valence-corrected chi connectivity index (χ2v) is 6.50. The summed E-state index contributed by atoms with van der Waals surface area (Å²) in [5.41, 5.74) is 3.47. The molecule has 0 spiro atoms. The van der Waals surface area contributed by atoms with Crippen LogP contribution in [0, 0.1) is 6.92 Å². The first-order chi connectivity index (χ1) is 13.1. The van der Waals surface area contributed by atoms with E-state index in [1.807, 2.05) is 49.4 Å². The van der Waals surface area contributed by atoms with Crippen molar-refractivity contribution in [2.75, 3.05) is 16.8 Å². The molecule has 1 aromatic heterocycles. The molecule has 2 amide bonds. The number of nitrogens with one attached hydrogen (secondary N) is 1. The minimum atomic E-state index is -0.368. The van der Waals surface area contributed by atoms with E-state index in [0.29, 0.717) is 24.3 Å². The van der Waals surface area contributed by atoms with Crippen molar-refractivity contribution in [3.8, 4) is 5.69 Å². The normalized spacial score (nSPS) is 13.8. The van der Waals surface area contributed by atoms with Gasteiger partial charge < -0.3 is 10.2 Å². The Kier molecular flexibility index (Phi) is 4.42. The van der Waals surface area contributed by atoms with Gasteiger partial charge in [-0.05, 0) is 37.6 Å². The van der Waals surface area contributed by atoms with Crippen LogP contribution in [0.15, 0.2) is 54.7 Å². The van der Waals surface area contributed by atoms with Crippen molar-refractivity contribution < 1.29 is 9.59 Å². The van der Waals surface area contributed by atoms with E-state index >= 15 is 0 Å². The molecule has 7 nitrogen and oxygen atoms in total. The lowest BCUT2D eigenvalue weighted by atomic mass is 10.2. The van der Waals surface area contributed by atoms with Crippen LogP contribution in [-0.2, 0) is 4.79 Å². The molecule has 3 aromatic rings. The Morgan fingerprint density at radius 2 is 1.89 bits per heavy atom. The molecular weight excluding hydrogens is 342 g/mol. The summed E-state index contributed by atoms with van der Waals surface area (Å²) in [7, 11) is 0. The number of carbonyl (C=O) groups excluding carboxylic acids is 2. The number of para-hydroxylation sites is 2. The van der Waals surface area contributed by atoms with Crippen molar-refractivity contribution in [2.24, 2.45) is 0 Å². The van der Waals surface area contributed by atoms with Gasteiger partial charge in [-0.2, -0.15) is 0 Å². The van der Waals surface area contributed by atoms with Gasteiger partial charge in [-0.15, -0.1) is 5.10 Å². The molecule has 0 radical (unpaired) electrons. The van der Waals surface area contributed by atoms with Crippen molar-refractivity contribution >= 4 is 23.2 Å². The number of aromatic nitrogens is 3. The van der Waals surface area contributed by atoms with Crippen LogP contribution in [0.2, 0.25) is 0 Å². The van der Waals surface area contributed by atoms with Crippen molar-refractivity contribution in [1.29, 1.82) is 0 Å². The Hall–Kier alpha value is -3.48. The predicted molar refractivity (Wildman–Crippen MR) is 102 cm³/mol. The molecule has 1 aliphatic heterocycles. The molecule has 1 N–H and O–H groups in total. The van der Waals surface area contributed by atoms with Gasteiger partial charge in [-0.25, -0.2) is 4.68 Å². The second kappa shape index (κ2) is 7.03. The molecule has 0 aliphatic carbocycles. The van der Waals surface area contributed by atoms with E-state index in [1.165, 1.54) is 0 Å². The summed E-state index contributed by atoms with van der Waals surface area (Å²) >= 11 is 0. The zero-order valence-electron chi connectivity index (χ0n) is 14.9. The lowest BCUT2D eigenvalue weighted by Gasteiger charge is -2.19. The fourth-order valence-electron chi connectivity index (χ4n) is 3.10. The van der Waals surface area contributed by atoms with Crippen LogP contribution in [-0.4, -0.2) is 33.4 Å². The fourth-order valence-corrected chi connectivity index (χ4v) is 3.10. The Morgan fingerprint density at radius 1 is 1.11 bits per heavy atom. The predicted octanol–water partition coefficient (Wildman–Crippen LogP) is 2.95. The summed E-state index contributed by atoms with van der Waals surface area (Å²) in [6, 6.07) is 15.1. The topological polar surface area (TPSA) is 80.1 Å². The van der Waals surface area contributed by atoms with Crippen molar-refractivity contribution in [2.45, 2.75) is 19.8 Å². The first-order valence-corrected chi connectivity index (χ1v) is 8.82. The molecule has 0 atom stereocenters. The zero-order chi connectivity index (χ0) is 18.8. The number of nitrogens with zero attached hydrogens (tertiary/aromatic N) is 4. The Labute approximate surface area is 156 Å². The van der Waals surface area contributed by atoms with Crippen molar-refractivity contribution in [1.82, 2.24) is 15.0 Å². The highest BCUT2D eigenvalue weighted by Crippen LogP contribution is 2.29. The average molecular weight is 361 g/mol. The fraction of sp³-hybridized carbons (Fsp3) is 0.200. The first-order valence-electron chi connectivity index (χ1n) is 8.82. The molecule has 2 aromatic carbocycles. The van der Waals surface area contributed by atoms with Gasteiger partial charge >= 0.3 is 0 Å². The minimum Gasteiger partial charge on any atom is -0.319 e. The van der Waals surface area contributed by atoms with Crippen LogP contribution >= 0.6 is 0 Å².